The maximum absolute atomic E-state index is 12.6. The van der Waals surface area contributed by atoms with E-state index in [-0.39, 0.29) is 44.2 Å². The standard InChI is InChI=1S/C18H22N2O5/c21-15-10-14(12-20(15)11-13-4-2-1-3-5-13)16(22)19-8-6-18(25,7-9-19)17(23)24/h1-5,14,25H,6-12H2,(H,23,24). The van der Waals surface area contributed by atoms with Gasteiger partial charge in [-0.2, -0.15) is 0 Å². The number of rotatable bonds is 4. The van der Waals surface area contributed by atoms with Gasteiger partial charge in [-0.3, -0.25) is 9.59 Å². The van der Waals surface area contributed by atoms with Gasteiger partial charge in [0.2, 0.25) is 11.8 Å². The van der Waals surface area contributed by atoms with Gasteiger partial charge in [-0.15, -0.1) is 0 Å². The Labute approximate surface area is 145 Å². The van der Waals surface area contributed by atoms with Crippen LogP contribution in [0, 0.1) is 5.92 Å². The predicted molar refractivity (Wildman–Crippen MR) is 88.4 cm³/mol. The van der Waals surface area contributed by atoms with Gasteiger partial charge in [-0.1, -0.05) is 30.3 Å². The Kier molecular flexibility index (Phi) is 4.76. The summed E-state index contributed by atoms with van der Waals surface area (Å²) in [6.07, 6.45) is 0.219. The first-order valence-corrected chi connectivity index (χ1v) is 8.45. The van der Waals surface area contributed by atoms with Crippen LogP contribution in [0.2, 0.25) is 0 Å². The lowest BCUT2D eigenvalue weighted by molar-refractivity contribution is -0.165. The first-order valence-electron chi connectivity index (χ1n) is 8.45. The summed E-state index contributed by atoms with van der Waals surface area (Å²) < 4.78 is 0. The lowest BCUT2D eigenvalue weighted by atomic mass is 9.91. The van der Waals surface area contributed by atoms with Crippen molar-refractivity contribution in [2.45, 2.75) is 31.4 Å². The van der Waals surface area contributed by atoms with Gasteiger partial charge in [0.15, 0.2) is 5.60 Å². The SMILES string of the molecule is O=C1CC(C(=O)N2CCC(O)(C(=O)O)CC2)CN1Cc1ccccc1. The number of hydrogen-bond donors (Lipinski definition) is 2. The molecule has 0 aromatic heterocycles. The van der Waals surface area contributed by atoms with Gasteiger partial charge in [0.05, 0.1) is 5.92 Å². The highest BCUT2D eigenvalue weighted by Crippen LogP contribution is 2.27. The fraction of sp³-hybridized carbons (Fsp3) is 0.500. The number of hydrogen-bond acceptors (Lipinski definition) is 4. The van der Waals surface area contributed by atoms with Crippen molar-refractivity contribution in [1.29, 1.82) is 0 Å². The average molecular weight is 346 g/mol. The summed E-state index contributed by atoms with van der Waals surface area (Å²) >= 11 is 0. The maximum atomic E-state index is 12.6. The van der Waals surface area contributed by atoms with Gasteiger partial charge in [-0.25, -0.2) is 4.79 Å². The molecule has 2 N–H and O–H groups in total. The molecular formula is C18H22N2O5. The van der Waals surface area contributed by atoms with Crippen molar-refractivity contribution >= 4 is 17.8 Å². The largest absolute Gasteiger partial charge is 0.479 e. The topological polar surface area (TPSA) is 98.2 Å². The van der Waals surface area contributed by atoms with E-state index in [2.05, 4.69) is 0 Å². The van der Waals surface area contributed by atoms with Crippen LogP contribution in [0.15, 0.2) is 30.3 Å². The van der Waals surface area contributed by atoms with Gasteiger partial charge >= 0.3 is 5.97 Å². The molecule has 0 spiro atoms. The first kappa shape index (κ1) is 17.4. The molecule has 0 aliphatic carbocycles. The van der Waals surface area contributed by atoms with Crippen molar-refractivity contribution in [1.82, 2.24) is 9.80 Å². The zero-order valence-electron chi connectivity index (χ0n) is 13.9. The second-order valence-corrected chi connectivity index (χ2v) is 6.82. The van der Waals surface area contributed by atoms with Crippen LogP contribution in [0.5, 0.6) is 0 Å². The first-order chi connectivity index (χ1) is 11.9. The van der Waals surface area contributed by atoms with Crippen molar-refractivity contribution in [2.75, 3.05) is 19.6 Å². The third kappa shape index (κ3) is 3.66. The number of amides is 2. The highest BCUT2D eigenvalue weighted by molar-refractivity contribution is 5.89. The van der Waals surface area contributed by atoms with Gasteiger partial charge in [0.25, 0.3) is 0 Å². The number of carboxylic acid groups (broad SMARTS) is 1. The van der Waals surface area contributed by atoms with Crippen LogP contribution in [-0.2, 0) is 20.9 Å². The lowest BCUT2D eigenvalue weighted by Gasteiger charge is -2.36. The normalized spacial score (nSPS) is 22.9. The molecule has 0 saturated carbocycles. The number of carbonyl (C=O) groups is 3. The van der Waals surface area contributed by atoms with Crippen molar-refractivity contribution in [2.24, 2.45) is 5.92 Å². The number of aliphatic hydroxyl groups is 1. The zero-order chi connectivity index (χ0) is 18.0. The van der Waals surface area contributed by atoms with Gasteiger partial charge in [0.1, 0.15) is 0 Å². The second-order valence-electron chi connectivity index (χ2n) is 6.82. The molecule has 1 aromatic carbocycles. The van der Waals surface area contributed by atoms with Gasteiger partial charge < -0.3 is 20.0 Å². The maximum Gasteiger partial charge on any atom is 0.335 e. The Morgan fingerprint density at radius 2 is 1.80 bits per heavy atom. The minimum atomic E-state index is -1.75. The molecule has 2 amide bonds. The fourth-order valence-electron chi connectivity index (χ4n) is 3.46. The highest BCUT2D eigenvalue weighted by Gasteiger charge is 2.43. The molecule has 2 aliphatic rings. The minimum absolute atomic E-state index is 0.0163. The molecule has 0 radical (unpaired) electrons. The molecule has 1 aromatic rings. The molecule has 0 bridgehead atoms. The molecule has 1 unspecified atom stereocenters. The Balaban J connectivity index is 1.57. The molecular weight excluding hydrogens is 324 g/mol. The van der Waals surface area contributed by atoms with Crippen LogP contribution < -0.4 is 0 Å². The van der Waals surface area contributed by atoms with E-state index in [1.807, 2.05) is 30.3 Å². The predicted octanol–water partition coefficient (Wildman–Crippen LogP) is 0.473. The number of nitrogens with zero attached hydrogens (tertiary/aromatic N) is 2. The molecule has 25 heavy (non-hydrogen) atoms. The quantitative estimate of drug-likeness (QED) is 0.826. The van der Waals surface area contributed by atoms with E-state index in [4.69, 9.17) is 5.11 Å². The van der Waals surface area contributed by atoms with E-state index in [0.29, 0.717) is 13.1 Å². The molecule has 134 valence electrons. The van der Waals surface area contributed by atoms with Crippen LogP contribution in [0.1, 0.15) is 24.8 Å². The molecule has 2 saturated heterocycles. The Hall–Kier alpha value is -2.41. The van der Waals surface area contributed by atoms with Crippen LogP contribution in [0.4, 0.5) is 0 Å². The van der Waals surface area contributed by atoms with E-state index >= 15 is 0 Å². The fourth-order valence-corrected chi connectivity index (χ4v) is 3.46. The summed E-state index contributed by atoms with van der Waals surface area (Å²) in [5.74, 6) is -1.81. The molecule has 2 fully saturated rings. The number of carboxylic acids is 1. The molecule has 7 heteroatoms. The number of aliphatic carboxylic acids is 1. The summed E-state index contributed by atoms with van der Waals surface area (Å²) in [5.41, 5.74) is -0.727. The summed E-state index contributed by atoms with van der Waals surface area (Å²) in [4.78, 5) is 39.2. The Bertz CT molecular complexity index is 667. The number of benzene rings is 1. The Morgan fingerprint density at radius 3 is 2.40 bits per heavy atom. The van der Waals surface area contributed by atoms with Crippen LogP contribution in [-0.4, -0.2) is 63.0 Å². The number of carbonyl (C=O) groups excluding carboxylic acids is 2. The smallest absolute Gasteiger partial charge is 0.335 e. The monoisotopic (exact) mass is 346 g/mol. The molecule has 2 heterocycles. The van der Waals surface area contributed by atoms with E-state index in [0.717, 1.165) is 5.56 Å². The number of likely N-dealkylation sites (tertiary alicyclic amines) is 2. The van der Waals surface area contributed by atoms with Crippen molar-refractivity contribution in [3.05, 3.63) is 35.9 Å². The van der Waals surface area contributed by atoms with Crippen molar-refractivity contribution in [3.63, 3.8) is 0 Å². The van der Waals surface area contributed by atoms with E-state index < -0.39 is 17.5 Å². The highest BCUT2D eigenvalue weighted by atomic mass is 16.4. The summed E-state index contributed by atoms with van der Waals surface area (Å²) in [6.45, 7) is 1.27. The van der Waals surface area contributed by atoms with Crippen LogP contribution in [0.25, 0.3) is 0 Å². The van der Waals surface area contributed by atoms with E-state index in [1.54, 1.807) is 9.80 Å². The van der Waals surface area contributed by atoms with Gasteiger partial charge in [-0.05, 0) is 5.56 Å². The van der Waals surface area contributed by atoms with Crippen molar-refractivity contribution < 1.29 is 24.6 Å². The number of piperidine rings is 1. The third-order valence-corrected chi connectivity index (χ3v) is 5.08. The average Bonchev–Trinajstić information content (AvgIpc) is 2.96. The molecule has 2 aliphatic heterocycles. The lowest BCUT2D eigenvalue weighted by Crippen LogP contribution is -2.52. The Morgan fingerprint density at radius 1 is 1.16 bits per heavy atom. The van der Waals surface area contributed by atoms with Crippen LogP contribution in [0.3, 0.4) is 0 Å². The summed E-state index contributed by atoms with van der Waals surface area (Å²) in [6, 6.07) is 9.63. The molecule has 7 nitrogen and oxygen atoms in total. The summed E-state index contributed by atoms with van der Waals surface area (Å²) in [5, 5.41) is 19.0. The molecule has 1 atom stereocenters. The van der Waals surface area contributed by atoms with E-state index in [9.17, 15) is 19.5 Å². The van der Waals surface area contributed by atoms with Crippen LogP contribution >= 0.6 is 0 Å². The van der Waals surface area contributed by atoms with Gasteiger partial charge in [0, 0.05) is 45.4 Å². The minimum Gasteiger partial charge on any atom is -0.479 e. The zero-order valence-corrected chi connectivity index (χ0v) is 13.9. The molecule has 3 rings (SSSR count). The van der Waals surface area contributed by atoms with Crippen molar-refractivity contribution in [3.8, 4) is 0 Å². The third-order valence-electron chi connectivity index (χ3n) is 5.08. The summed E-state index contributed by atoms with van der Waals surface area (Å²) in [7, 11) is 0. The second kappa shape index (κ2) is 6.84. The van der Waals surface area contributed by atoms with E-state index in [1.165, 1.54) is 0 Å².